The molecule has 0 spiro atoms. The number of halogens is 1. The molecule has 1 amide bonds. The van der Waals surface area contributed by atoms with Crippen LogP contribution in [0.5, 0.6) is 0 Å². The van der Waals surface area contributed by atoms with Crippen molar-refractivity contribution in [1.82, 2.24) is 10.2 Å². The van der Waals surface area contributed by atoms with Crippen LogP contribution in [0.2, 0.25) is 0 Å². The summed E-state index contributed by atoms with van der Waals surface area (Å²) >= 11 is 0. The average Bonchev–Trinajstić information content (AvgIpc) is 3.06. The van der Waals surface area contributed by atoms with Crippen LogP contribution in [-0.2, 0) is 0 Å². The van der Waals surface area contributed by atoms with E-state index in [1.54, 1.807) is 24.3 Å². The van der Waals surface area contributed by atoms with Crippen LogP contribution in [-0.4, -0.2) is 36.0 Å². The van der Waals surface area contributed by atoms with Gasteiger partial charge in [-0.3, -0.25) is 9.69 Å². The Labute approximate surface area is 140 Å². The summed E-state index contributed by atoms with van der Waals surface area (Å²) in [5.74, 6) is 0.813. The zero-order valence-electron chi connectivity index (χ0n) is 13.7. The molecule has 3 aliphatic rings. The molecule has 3 saturated heterocycles. The van der Waals surface area contributed by atoms with Crippen molar-refractivity contribution >= 4 is 5.91 Å². The predicted molar refractivity (Wildman–Crippen MR) is 89.1 cm³/mol. The minimum absolute atomic E-state index is 0.185. The number of nitrogens with zero attached hydrogens (tertiary/aromatic N) is 1. The van der Waals surface area contributed by atoms with Gasteiger partial charge in [0.2, 0.25) is 0 Å². The largest absolute Gasteiger partial charge is 0.451 e. The number of carbonyl (C=O) groups is 1. The second-order valence-electron chi connectivity index (χ2n) is 6.88. The van der Waals surface area contributed by atoms with E-state index < -0.39 is 0 Å². The number of rotatable bonds is 3. The zero-order valence-corrected chi connectivity index (χ0v) is 13.7. The van der Waals surface area contributed by atoms with Gasteiger partial charge < -0.3 is 9.73 Å². The van der Waals surface area contributed by atoms with E-state index in [4.69, 9.17) is 4.42 Å². The standard InChI is InChI=1S/C19H21FN2O2/c1-12-9-13-7-8-22(12)11-16(13)21-19(23)18-6-5-17(24-18)14-3-2-4-15(20)10-14/h2-6,10,12-13,16H,7-9,11H2,1H3,(H,21,23)/t12?,13?,16-/m0/s1. The van der Waals surface area contributed by atoms with Crippen molar-refractivity contribution < 1.29 is 13.6 Å². The van der Waals surface area contributed by atoms with Gasteiger partial charge in [-0.25, -0.2) is 4.39 Å². The third-order valence-electron chi connectivity index (χ3n) is 5.31. The summed E-state index contributed by atoms with van der Waals surface area (Å²) < 4.78 is 19.0. The Bertz CT molecular complexity index is 757. The molecular weight excluding hydrogens is 307 g/mol. The molecule has 1 aromatic carbocycles. The number of piperidine rings is 3. The molecule has 4 atom stereocenters. The van der Waals surface area contributed by atoms with Gasteiger partial charge in [0.05, 0.1) is 0 Å². The normalized spacial score (nSPS) is 28.8. The lowest BCUT2D eigenvalue weighted by molar-refractivity contribution is 0.0269. The number of hydrogen-bond donors (Lipinski definition) is 1. The topological polar surface area (TPSA) is 45.5 Å². The van der Waals surface area contributed by atoms with Crippen LogP contribution >= 0.6 is 0 Å². The maximum absolute atomic E-state index is 13.3. The molecule has 126 valence electrons. The molecule has 3 fully saturated rings. The second-order valence-corrected chi connectivity index (χ2v) is 6.88. The van der Waals surface area contributed by atoms with Gasteiger partial charge in [0, 0.05) is 24.2 Å². The summed E-state index contributed by atoms with van der Waals surface area (Å²) in [5, 5.41) is 3.11. The predicted octanol–water partition coefficient (Wildman–Crippen LogP) is 3.30. The highest BCUT2D eigenvalue weighted by Gasteiger charge is 2.39. The molecule has 2 bridgehead atoms. The summed E-state index contributed by atoms with van der Waals surface area (Å²) in [6.45, 7) is 4.29. The van der Waals surface area contributed by atoms with E-state index in [0.717, 1.165) is 25.9 Å². The summed E-state index contributed by atoms with van der Waals surface area (Å²) in [6.07, 6.45) is 2.28. The number of furan rings is 1. The number of amides is 1. The van der Waals surface area contributed by atoms with Crippen molar-refractivity contribution in [3.8, 4) is 11.3 Å². The molecule has 3 aliphatic heterocycles. The van der Waals surface area contributed by atoms with E-state index in [-0.39, 0.29) is 23.5 Å². The van der Waals surface area contributed by atoms with Gasteiger partial charge in [-0.1, -0.05) is 12.1 Å². The highest BCUT2D eigenvalue weighted by atomic mass is 19.1. The van der Waals surface area contributed by atoms with Crippen LogP contribution < -0.4 is 5.32 Å². The number of nitrogens with one attached hydrogen (secondary N) is 1. The molecule has 0 radical (unpaired) electrons. The number of hydrogen-bond acceptors (Lipinski definition) is 3. The first kappa shape index (κ1) is 15.4. The fourth-order valence-corrected chi connectivity index (χ4v) is 3.96. The molecule has 1 N–H and O–H groups in total. The minimum Gasteiger partial charge on any atom is -0.451 e. The maximum atomic E-state index is 13.3. The first-order chi connectivity index (χ1) is 11.6. The SMILES string of the molecule is CC1CC2CCN1C[C@@H]2NC(=O)c1ccc(-c2cccc(F)c2)o1. The maximum Gasteiger partial charge on any atom is 0.287 e. The minimum atomic E-state index is -0.323. The third-order valence-corrected chi connectivity index (χ3v) is 5.31. The molecule has 0 saturated carbocycles. The third kappa shape index (κ3) is 2.84. The van der Waals surface area contributed by atoms with Crippen LogP contribution in [0.1, 0.15) is 30.3 Å². The van der Waals surface area contributed by atoms with Crippen molar-refractivity contribution in [2.75, 3.05) is 13.1 Å². The van der Waals surface area contributed by atoms with Crippen molar-refractivity contribution in [3.05, 3.63) is 48.0 Å². The lowest BCUT2D eigenvalue weighted by atomic mass is 9.80. The molecule has 4 nitrogen and oxygen atoms in total. The highest BCUT2D eigenvalue weighted by molar-refractivity contribution is 5.92. The fraction of sp³-hybridized carbons (Fsp3) is 0.421. The van der Waals surface area contributed by atoms with Crippen LogP contribution in [0, 0.1) is 11.7 Å². The number of fused-ring (bicyclic) bond motifs is 3. The summed E-state index contributed by atoms with van der Waals surface area (Å²) in [6, 6.07) is 10.3. The Morgan fingerprint density at radius 2 is 2.21 bits per heavy atom. The summed E-state index contributed by atoms with van der Waals surface area (Å²) in [7, 11) is 0. The van der Waals surface area contributed by atoms with Gasteiger partial charge in [-0.2, -0.15) is 0 Å². The Morgan fingerprint density at radius 3 is 2.92 bits per heavy atom. The molecule has 1 aromatic heterocycles. The first-order valence-electron chi connectivity index (χ1n) is 8.51. The Morgan fingerprint density at radius 1 is 1.33 bits per heavy atom. The molecule has 4 heterocycles. The van der Waals surface area contributed by atoms with E-state index >= 15 is 0 Å². The van der Waals surface area contributed by atoms with E-state index in [0.29, 0.717) is 23.3 Å². The second kappa shape index (κ2) is 6.06. The summed E-state index contributed by atoms with van der Waals surface area (Å²) in [5.41, 5.74) is 0.630. The smallest absolute Gasteiger partial charge is 0.287 e. The first-order valence-corrected chi connectivity index (χ1v) is 8.51. The van der Waals surface area contributed by atoms with E-state index in [2.05, 4.69) is 17.1 Å². The van der Waals surface area contributed by atoms with Gasteiger partial charge in [-0.05, 0) is 56.5 Å². The van der Waals surface area contributed by atoms with Crippen molar-refractivity contribution in [3.63, 3.8) is 0 Å². The summed E-state index contributed by atoms with van der Waals surface area (Å²) in [4.78, 5) is 14.9. The molecular formula is C19H21FN2O2. The average molecular weight is 328 g/mol. The van der Waals surface area contributed by atoms with Crippen molar-refractivity contribution in [2.45, 2.75) is 31.8 Å². The van der Waals surface area contributed by atoms with Gasteiger partial charge in [-0.15, -0.1) is 0 Å². The monoisotopic (exact) mass is 328 g/mol. The van der Waals surface area contributed by atoms with Gasteiger partial charge in [0.25, 0.3) is 5.91 Å². The molecule has 5 heteroatoms. The lowest BCUT2D eigenvalue weighted by Crippen LogP contribution is -2.60. The molecule has 0 aliphatic carbocycles. The van der Waals surface area contributed by atoms with E-state index in [9.17, 15) is 9.18 Å². The van der Waals surface area contributed by atoms with Crippen molar-refractivity contribution in [2.24, 2.45) is 5.92 Å². The van der Waals surface area contributed by atoms with E-state index in [1.165, 1.54) is 12.1 Å². The number of carbonyl (C=O) groups excluding carboxylic acids is 1. The van der Waals surface area contributed by atoms with Gasteiger partial charge in [0.1, 0.15) is 11.6 Å². The van der Waals surface area contributed by atoms with Crippen LogP contribution in [0.15, 0.2) is 40.8 Å². The van der Waals surface area contributed by atoms with E-state index in [1.807, 2.05) is 0 Å². The van der Waals surface area contributed by atoms with Crippen LogP contribution in [0.25, 0.3) is 11.3 Å². The fourth-order valence-electron chi connectivity index (χ4n) is 3.96. The molecule has 2 aromatic rings. The lowest BCUT2D eigenvalue weighted by Gasteiger charge is -2.48. The van der Waals surface area contributed by atoms with Gasteiger partial charge in [0.15, 0.2) is 5.76 Å². The molecule has 5 rings (SSSR count). The Kier molecular flexibility index (Phi) is 3.88. The quantitative estimate of drug-likeness (QED) is 0.940. The molecule has 3 unspecified atom stereocenters. The molecule has 24 heavy (non-hydrogen) atoms. The Hall–Kier alpha value is -2.14. The highest BCUT2D eigenvalue weighted by Crippen LogP contribution is 2.32. The van der Waals surface area contributed by atoms with Crippen molar-refractivity contribution in [1.29, 1.82) is 0 Å². The zero-order chi connectivity index (χ0) is 16.7. The number of benzene rings is 1. The van der Waals surface area contributed by atoms with Crippen LogP contribution in [0.4, 0.5) is 4.39 Å². The van der Waals surface area contributed by atoms with Gasteiger partial charge >= 0.3 is 0 Å². The van der Waals surface area contributed by atoms with Crippen LogP contribution in [0.3, 0.4) is 0 Å². The Balaban J connectivity index is 1.46.